The van der Waals surface area contributed by atoms with Crippen LogP contribution < -0.4 is 4.90 Å². The summed E-state index contributed by atoms with van der Waals surface area (Å²) in [6, 6.07) is 9.31. The number of hydrogen-bond donors (Lipinski definition) is 0. The Morgan fingerprint density at radius 2 is 2.05 bits per heavy atom. The van der Waals surface area contributed by atoms with Crippen molar-refractivity contribution in [3.63, 3.8) is 0 Å². The molecule has 0 N–H and O–H groups in total. The predicted octanol–water partition coefficient (Wildman–Crippen LogP) is 3.03. The van der Waals surface area contributed by atoms with E-state index >= 15 is 0 Å². The fourth-order valence-corrected chi connectivity index (χ4v) is 1.98. The molecule has 0 aromatic carbocycles. The zero-order valence-electron chi connectivity index (χ0n) is 10.5. The summed E-state index contributed by atoms with van der Waals surface area (Å²) in [6.07, 6.45) is 3.52. The third-order valence-corrected chi connectivity index (χ3v) is 2.93. The van der Waals surface area contributed by atoms with E-state index in [9.17, 15) is 0 Å². The number of rotatable bonds is 4. The third-order valence-electron chi connectivity index (χ3n) is 2.74. The highest BCUT2D eigenvalue weighted by molar-refractivity contribution is 6.29. The van der Waals surface area contributed by atoms with Crippen LogP contribution in [0.1, 0.15) is 18.1 Å². The van der Waals surface area contributed by atoms with Crippen LogP contribution in [0.4, 0.5) is 5.82 Å². The van der Waals surface area contributed by atoms with E-state index in [4.69, 9.17) is 16.9 Å². The third kappa shape index (κ3) is 3.43. The van der Waals surface area contributed by atoms with Crippen LogP contribution in [0.2, 0.25) is 5.15 Å². The second-order valence-corrected chi connectivity index (χ2v) is 4.41. The first-order chi connectivity index (χ1) is 9.22. The summed E-state index contributed by atoms with van der Waals surface area (Å²) in [6.45, 7) is 3.52. The van der Waals surface area contributed by atoms with Gasteiger partial charge in [-0.1, -0.05) is 11.6 Å². The van der Waals surface area contributed by atoms with Gasteiger partial charge in [0.05, 0.1) is 11.6 Å². The molecule has 0 saturated heterocycles. The largest absolute Gasteiger partial charge is 0.352 e. The molecule has 5 heteroatoms. The van der Waals surface area contributed by atoms with E-state index in [-0.39, 0.29) is 0 Å². The van der Waals surface area contributed by atoms with Crippen molar-refractivity contribution < 1.29 is 0 Å². The quantitative estimate of drug-likeness (QED) is 0.803. The Balaban J connectivity index is 2.27. The van der Waals surface area contributed by atoms with Gasteiger partial charge in [0.15, 0.2) is 0 Å². The van der Waals surface area contributed by atoms with Gasteiger partial charge < -0.3 is 4.90 Å². The number of nitriles is 1. The first-order valence-electron chi connectivity index (χ1n) is 5.94. The van der Waals surface area contributed by atoms with Crippen LogP contribution >= 0.6 is 11.6 Å². The van der Waals surface area contributed by atoms with Gasteiger partial charge in [0, 0.05) is 25.5 Å². The maximum absolute atomic E-state index is 8.97. The average Bonchev–Trinajstić information content (AvgIpc) is 2.45. The van der Waals surface area contributed by atoms with Gasteiger partial charge in [-0.2, -0.15) is 5.26 Å². The van der Waals surface area contributed by atoms with Crippen LogP contribution in [-0.2, 0) is 6.54 Å². The highest BCUT2D eigenvalue weighted by Crippen LogP contribution is 2.19. The molecule has 4 nitrogen and oxygen atoms in total. The number of anilines is 1. The molecule has 0 aliphatic carbocycles. The summed E-state index contributed by atoms with van der Waals surface area (Å²) in [5.41, 5.74) is 1.65. The van der Waals surface area contributed by atoms with Crippen LogP contribution in [0.3, 0.4) is 0 Å². The summed E-state index contributed by atoms with van der Waals surface area (Å²) < 4.78 is 0. The minimum absolute atomic E-state index is 0.335. The summed E-state index contributed by atoms with van der Waals surface area (Å²) in [5, 5.41) is 9.30. The Bertz CT molecular complexity index is 592. The monoisotopic (exact) mass is 272 g/mol. The number of halogens is 1. The van der Waals surface area contributed by atoms with Gasteiger partial charge in [0.2, 0.25) is 0 Å². The second-order valence-electron chi connectivity index (χ2n) is 4.02. The van der Waals surface area contributed by atoms with Crippen molar-refractivity contribution in [1.29, 1.82) is 5.26 Å². The summed E-state index contributed by atoms with van der Waals surface area (Å²) >= 11 is 5.93. The second kappa shape index (κ2) is 6.17. The first kappa shape index (κ1) is 13.3. The summed E-state index contributed by atoms with van der Waals surface area (Å²) in [7, 11) is 0. The van der Waals surface area contributed by atoms with Crippen molar-refractivity contribution in [3.8, 4) is 6.07 Å². The lowest BCUT2D eigenvalue weighted by Gasteiger charge is -2.22. The molecular formula is C14H13ClN4. The summed E-state index contributed by atoms with van der Waals surface area (Å²) in [4.78, 5) is 10.3. The van der Waals surface area contributed by atoms with E-state index in [1.54, 1.807) is 24.5 Å². The lowest BCUT2D eigenvalue weighted by atomic mass is 10.2. The molecule has 19 heavy (non-hydrogen) atoms. The highest BCUT2D eigenvalue weighted by Gasteiger charge is 2.09. The number of hydrogen-bond acceptors (Lipinski definition) is 4. The minimum Gasteiger partial charge on any atom is -0.352 e. The Morgan fingerprint density at radius 3 is 2.68 bits per heavy atom. The van der Waals surface area contributed by atoms with Gasteiger partial charge in [-0.05, 0) is 36.8 Å². The molecule has 0 bridgehead atoms. The average molecular weight is 273 g/mol. The highest BCUT2D eigenvalue weighted by atomic mass is 35.5. The molecule has 0 saturated carbocycles. The molecule has 0 spiro atoms. The van der Waals surface area contributed by atoms with Crippen LogP contribution in [0.15, 0.2) is 36.7 Å². The number of pyridine rings is 2. The van der Waals surface area contributed by atoms with Crippen molar-refractivity contribution in [2.75, 3.05) is 11.4 Å². The normalized spacial score (nSPS) is 9.95. The van der Waals surface area contributed by atoms with Gasteiger partial charge in [-0.25, -0.2) is 4.98 Å². The van der Waals surface area contributed by atoms with E-state index in [1.165, 1.54) is 0 Å². The van der Waals surface area contributed by atoms with Gasteiger partial charge in [-0.15, -0.1) is 0 Å². The summed E-state index contributed by atoms with van der Waals surface area (Å²) in [5.74, 6) is 0.711. The standard InChI is InChI=1S/C14H13ClN4/c1-2-19(10-11-3-5-17-6-4-11)14-8-12(9-16)7-13(15)18-14/h3-8H,2,10H2,1H3. The van der Waals surface area contributed by atoms with Gasteiger partial charge in [0.1, 0.15) is 11.0 Å². The minimum atomic E-state index is 0.335. The molecule has 96 valence electrons. The Kier molecular flexibility index (Phi) is 4.32. The van der Waals surface area contributed by atoms with Crippen LogP contribution in [0, 0.1) is 11.3 Å². The maximum atomic E-state index is 8.97. The Labute approximate surface area is 117 Å². The molecule has 0 atom stereocenters. The van der Waals surface area contributed by atoms with Crippen LogP contribution in [-0.4, -0.2) is 16.5 Å². The lowest BCUT2D eigenvalue weighted by molar-refractivity contribution is 0.812. The van der Waals surface area contributed by atoms with Crippen molar-refractivity contribution in [1.82, 2.24) is 9.97 Å². The molecular weight excluding hydrogens is 260 g/mol. The zero-order chi connectivity index (χ0) is 13.7. The molecule has 0 aliphatic heterocycles. The van der Waals surface area contributed by atoms with E-state index in [2.05, 4.69) is 20.9 Å². The first-order valence-corrected chi connectivity index (χ1v) is 6.32. The molecule has 2 aromatic heterocycles. The Hall–Kier alpha value is -2.12. The van der Waals surface area contributed by atoms with Gasteiger partial charge in [0.25, 0.3) is 0 Å². The zero-order valence-corrected chi connectivity index (χ0v) is 11.3. The topological polar surface area (TPSA) is 52.8 Å². The van der Waals surface area contributed by atoms with Crippen LogP contribution in [0.5, 0.6) is 0 Å². The fraction of sp³-hybridized carbons (Fsp3) is 0.214. The molecule has 0 aliphatic rings. The number of nitrogens with zero attached hydrogens (tertiary/aromatic N) is 4. The maximum Gasteiger partial charge on any atom is 0.132 e. The van der Waals surface area contributed by atoms with Crippen molar-refractivity contribution in [3.05, 3.63) is 52.9 Å². The predicted molar refractivity (Wildman–Crippen MR) is 74.9 cm³/mol. The van der Waals surface area contributed by atoms with E-state index in [0.29, 0.717) is 23.1 Å². The van der Waals surface area contributed by atoms with E-state index in [0.717, 1.165) is 12.1 Å². The molecule has 0 radical (unpaired) electrons. The smallest absolute Gasteiger partial charge is 0.132 e. The Morgan fingerprint density at radius 1 is 1.32 bits per heavy atom. The molecule has 2 heterocycles. The van der Waals surface area contributed by atoms with Gasteiger partial charge in [-0.3, -0.25) is 4.98 Å². The molecule has 0 unspecified atom stereocenters. The lowest BCUT2D eigenvalue weighted by Crippen LogP contribution is -2.23. The van der Waals surface area contributed by atoms with Crippen molar-refractivity contribution >= 4 is 17.4 Å². The number of aromatic nitrogens is 2. The fourth-order valence-electron chi connectivity index (χ4n) is 1.77. The van der Waals surface area contributed by atoms with Gasteiger partial charge >= 0.3 is 0 Å². The SMILES string of the molecule is CCN(Cc1ccncc1)c1cc(C#N)cc(Cl)n1. The molecule has 2 rings (SSSR count). The van der Waals surface area contributed by atoms with Crippen LogP contribution in [0.25, 0.3) is 0 Å². The van der Waals surface area contributed by atoms with Crippen molar-refractivity contribution in [2.45, 2.75) is 13.5 Å². The van der Waals surface area contributed by atoms with Crippen molar-refractivity contribution in [2.24, 2.45) is 0 Å². The molecule has 2 aromatic rings. The van der Waals surface area contributed by atoms with E-state index in [1.807, 2.05) is 19.1 Å². The molecule has 0 amide bonds. The van der Waals surface area contributed by atoms with E-state index < -0.39 is 0 Å². The molecule has 0 fully saturated rings.